The average molecular weight is 803 g/mol. The lowest BCUT2D eigenvalue weighted by Crippen LogP contribution is -1.94. The number of fused-ring (bicyclic) bond motifs is 9. The van der Waals surface area contributed by atoms with Crippen LogP contribution in [0.5, 0.6) is 0 Å². The Morgan fingerprint density at radius 2 is 0.571 bits per heavy atom. The van der Waals surface area contributed by atoms with Gasteiger partial charge in [0.15, 0.2) is 0 Å². The molecule has 0 N–H and O–H groups in total. The van der Waals surface area contributed by atoms with Gasteiger partial charge in [0.1, 0.15) is 11.2 Å². The van der Waals surface area contributed by atoms with Crippen molar-refractivity contribution in [2.75, 3.05) is 0 Å². The van der Waals surface area contributed by atoms with Gasteiger partial charge in [-0.05, 0) is 111 Å². The van der Waals surface area contributed by atoms with E-state index in [1.54, 1.807) is 0 Å². The first kappa shape index (κ1) is 35.4. The van der Waals surface area contributed by atoms with Crippen LogP contribution in [-0.4, -0.2) is 9.13 Å². The Hall–Kier alpha value is -8.40. The Kier molecular flexibility index (Phi) is 7.91. The molecule has 0 spiro atoms. The largest absolute Gasteiger partial charge is 0.456 e. The van der Waals surface area contributed by atoms with E-state index < -0.39 is 0 Å². The highest BCUT2D eigenvalue weighted by atomic mass is 16.3. The first-order chi connectivity index (χ1) is 31.2. The summed E-state index contributed by atoms with van der Waals surface area (Å²) in [4.78, 5) is 0. The molecule has 13 rings (SSSR count). The lowest BCUT2D eigenvalue weighted by atomic mass is 9.97. The third-order valence-electron chi connectivity index (χ3n) is 13.0. The second-order valence-corrected chi connectivity index (χ2v) is 16.5. The summed E-state index contributed by atoms with van der Waals surface area (Å²) >= 11 is 0. The van der Waals surface area contributed by atoms with Gasteiger partial charge in [0.2, 0.25) is 0 Å². The Bertz CT molecular complexity index is 3870. The molecule has 0 fully saturated rings. The minimum Gasteiger partial charge on any atom is -0.456 e. The van der Waals surface area contributed by atoms with E-state index in [0.717, 1.165) is 38.9 Å². The maximum absolute atomic E-state index is 6.16. The van der Waals surface area contributed by atoms with Gasteiger partial charge in [-0.25, -0.2) is 0 Å². The number of benzene rings is 10. The maximum atomic E-state index is 6.16. The van der Waals surface area contributed by atoms with E-state index in [-0.39, 0.29) is 0 Å². The van der Waals surface area contributed by atoms with E-state index in [2.05, 4.69) is 228 Å². The Morgan fingerprint density at radius 1 is 0.222 bits per heavy atom. The smallest absolute Gasteiger partial charge is 0.136 e. The molecule has 3 aromatic heterocycles. The fraction of sp³-hybridized carbons (Fsp3) is 0. The minimum absolute atomic E-state index is 0.916. The monoisotopic (exact) mass is 802 g/mol. The number of hydrogen-bond acceptors (Lipinski definition) is 1. The van der Waals surface area contributed by atoms with Crippen LogP contribution < -0.4 is 0 Å². The second-order valence-electron chi connectivity index (χ2n) is 16.5. The SMILES string of the molecule is c1ccc(-n2c3ccccc3c3ccc(-c4ccc5c6ccccc6n(-c6ccc(-c7ccc(-c8ccc(-c9ccc%10c(c9)oc9ccccc9%10)cc8)cc7)cc6)c5c4)cc32)cc1. The number of furan rings is 1. The van der Waals surface area contributed by atoms with Crippen molar-refractivity contribution in [2.24, 2.45) is 0 Å². The van der Waals surface area contributed by atoms with Crippen LogP contribution in [0.4, 0.5) is 0 Å². The summed E-state index contributed by atoms with van der Waals surface area (Å²) < 4.78 is 11.0. The second kappa shape index (κ2) is 14.1. The highest BCUT2D eigenvalue weighted by Gasteiger charge is 2.17. The van der Waals surface area contributed by atoms with Crippen LogP contribution in [0, 0.1) is 0 Å². The molecule has 63 heavy (non-hydrogen) atoms. The molecule has 0 saturated heterocycles. The first-order valence-electron chi connectivity index (χ1n) is 21.6. The highest BCUT2D eigenvalue weighted by Crippen LogP contribution is 2.39. The Balaban J connectivity index is 0.815. The molecule has 3 heterocycles. The predicted octanol–water partition coefficient (Wildman–Crippen LogP) is 16.4. The molecule has 0 aliphatic heterocycles. The topological polar surface area (TPSA) is 23.0 Å². The zero-order valence-corrected chi connectivity index (χ0v) is 34.2. The van der Waals surface area contributed by atoms with E-state index in [1.165, 1.54) is 82.6 Å². The summed E-state index contributed by atoms with van der Waals surface area (Å²) in [5.41, 5.74) is 18.4. The molecular weight excluding hydrogens is 765 g/mol. The van der Waals surface area contributed by atoms with E-state index in [1.807, 2.05) is 12.1 Å². The van der Waals surface area contributed by atoms with E-state index in [4.69, 9.17) is 4.42 Å². The molecule has 0 amide bonds. The number of rotatable bonds is 6. The van der Waals surface area contributed by atoms with Crippen molar-refractivity contribution < 1.29 is 4.42 Å². The summed E-state index contributed by atoms with van der Waals surface area (Å²) in [5.74, 6) is 0. The third-order valence-corrected chi connectivity index (χ3v) is 13.0. The van der Waals surface area contributed by atoms with Crippen LogP contribution in [0.1, 0.15) is 0 Å². The summed E-state index contributed by atoms with van der Waals surface area (Å²) in [6, 6.07) is 83.5. The zero-order valence-electron chi connectivity index (χ0n) is 34.2. The highest BCUT2D eigenvalue weighted by molar-refractivity contribution is 6.12. The van der Waals surface area contributed by atoms with Crippen LogP contribution in [0.3, 0.4) is 0 Å². The fourth-order valence-corrected chi connectivity index (χ4v) is 9.85. The quantitative estimate of drug-likeness (QED) is 0.164. The van der Waals surface area contributed by atoms with Gasteiger partial charge in [0.25, 0.3) is 0 Å². The van der Waals surface area contributed by atoms with Gasteiger partial charge in [0, 0.05) is 43.7 Å². The normalized spacial score (nSPS) is 11.8. The van der Waals surface area contributed by atoms with Crippen LogP contribution in [0.25, 0.3) is 121 Å². The van der Waals surface area contributed by atoms with Crippen molar-refractivity contribution in [3.63, 3.8) is 0 Å². The molecule has 0 bridgehead atoms. The van der Waals surface area contributed by atoms with Crippen LogP contribution in [0.15, 0.2) is 235 Å². The molecular formula is C60H38N2O. The van der Waals surface area contributed by atoms with E-state index in [0.29, 0.717) is 0 Å². The number of aromatic nitrogens is 2. The van der Waals surface area contributed by atoms with Gasteiger partial charge in [-0.1, -0.05) is 164 Å². The average Bonchev–Trinajstić information content (AvgIpc) is 4.01. The summed E-state index contributed by atoms with van der Waals surface area (Å²) in [6.07, 6.45) is 0. The third kappa shape index (κ3) is 5.75. The molecule has 0 atom stereocenters. The van der Waals surface area contributed by atoms with Crippen molar-refractivity contribution in [2.45, 2.75) is 0 Å². The lowest BCUT2D eigenvalue weighted by Gasteiger charge is -2.11. The first-order valence-corrected chi connectivity index (χ1v) is 21.6. The Morgan fingerprint density at radius 3 is 1.11 bits per heavy atom. The fourth-order valence-electron chi connectivity index (χ4n) is 9.85. The van der Waals surface area contributed by atoms with Gasteiger partial charge in [-0.15, -0.1) is 0 Å². The maximum Gasteiger partial charge on any atom is 0.136 e. The molecule has 10 aromatic carbocycles. The Labute approximate surface area is 363 Å². The summed E-state index contributed by atoms with van der Waals surface area (Å²) in [5, 5.41) is 7.31. The standard InChI is InChI=1S/C60H38N2O/c1-2-10-47(11-3-1)61-55-15-7-4-12-49(55)51-33-28-44(36-57(51)61)45-29-34-52-50-13-5-8-16-56(50)62(58(52)37-45)48-31-26-42(27-32-48)41-20-18-39(19-21-41)40-22-24-43(25-23-40)46-30-35-54-53-14-6-9-17-59(53)63-60(54)38-46/h1-38H. The molecule has 0 aliphatic rings. The van der Waals surface area contributed by atoms with Crippen molar-refractivity contribution in [1.82, 2.24) is 9.13 Å². The van der Waals surface area contributed by atoms with Gasteiger partial charge in [-0.2, -0.15) is 0 Å². The van der Waals surface area contributed by atoms with Crippen molar-refractivity contribution in [1.29, 1.82) is 0 Å². The van der Waals surface area contributed by atoms with Gasteiger partial charge in [-0.3, -0.25) is 0 Å². The lowest BCUT2D eigenvalue weighted by molar-refractivity contribution is 0.669. The molecule has 0 aliphatic carbocycles. The minimum atomic E-state index is 0.916. The van der Waals surface area contributed by atoms with Gasteiger partial charge >= 0.3 is 0 Å². The zero-order chi connectivity index (χ0) is 41.4. The number of nitrogens with zero attached hydrogens (tertiary/aromatic N) is 2. The molecule has 0 radical (unpaired) electrons. The van der Waals surface area contributed by atoms with Crippen molar-refractivity contribution in [3.8, 4) is 55.9 Å². The van der Waals surface area contributed by atoms with Crippen LogP contribution in [-0.2, 0) is 0 Å². The van der Waals surface area contributed by atoms with Crippen molar-refractivity contribution in [3.05, 3.63) is 231 Å². The van der Waals surface area contributed by atoms with Crippen molar-refractivity contribution >= 4 is 65.6 Å². The summed E-state index contributed by atoms with van der Waals surface area (Å²) in [6.45, 7) is 0. The van der Waals surface area contributed by atoms with Crippen LogP contribution in [0.2, 0.25) is 0 Å². The summed E-state index contributed by atoms with van der Waals surface area (Å²) in [7, 11) is 0. The van der Waals surface area contributed by atoms with Crippen LogP contribution >= 0.6 is 0 Å². The molecule has 3 nitrogen and oxygen atoms in total. The van der Waals surface area contributed by atoms with E-state index >= 15 is 0 Å². The van der Waals surface area contributed by atoms with Gasteiger partial charge in [0.05, 0.1) is 22.1 Å². The molecule has 13 aromatic rings. The van der Waals surface area contributed by atoms with E-state index in [9.17, 15) is 0 Å². The number of hydrogen-bond donors (Lipinski definition) is 0. The predicted molar refractivity (Wildman–Crippen MR) is 264 cm³/mol. The molecule has 294 valence electrons. The number of para-hydroxylation sites is 4. The molecule has 3 heteroatoms. The molecule has 0 saturated carbocycles. The van der Waals surface area contributed by atoms with Gasteiger partial charge < -0.3 is 13.6 Å². The molecule has 0 unspecified atom stereocenters.